The van der Waals surface area contributed by atoms with Crippen LogP contribution >= 0.6 is 0 Å². The maximum Gasteiger partial charge on any atom is 0.326 e. The zero-order chi connectivity index (χ0) is 21.2. The fourth-order valence-electron chi connectivity index (χ4n) is 3.73. The van der Waals surface area contributed by atoms with E-state index in [1.807, 2.05) is 30.3 Å². The highest BCUT2D eigenvalue weighted by atomic mass is 16.4. The lowest BCUT2D eigenvalue weighted by molar-refractivity contribution is -0.149. The molecule has 0 unspecified atom stereocenters. The van der Waals surface area contributed by atoms with E-state index in [0.29, 0.717) is 51.6 Å². The van der Waals surface area contributed by atoms with Crippen LogP contribution in [0.4, 0.5) is 0 Å². The number of likely N-dealkylation sites (tertiary alicyclic amines) is 1. The van der Waals surface area contributed by atoms with Crippen LogP contribution in [-0.2, 0) is 20.8 Å². The summed E-state index contributed by atoms with van der Waals surface area (Å²) in [6.45, 7) is 0.866. The van der Waals surface area contributed by atoms with Crippen molar-refractivity contribution in [3.63, 3.8) is 0 Å². The lowest BCUT2D eigenvalue weighted by atomic mass is 10.0. The summed E-state index contributed by atoms with van der Waals surface area (Å²) in [6, 6.07) is 7.10. The Morgan fingerprint density at radius 2 is 1.83 bits per heavy atom. The standard InChI is InChI=1S/C21H31N3O5/c22-13-5-4-9-16(19(25)24-14-6-10-18(24)21(28)29)23-17(20(26)27)12-11-15-7-2-1-3-8-15/h1-3,7-8,16-18,23H,4-6,9-14,22H2,(H,26,27)(H,28,29)/t16-,17+,18+/m1/s1. The summed E-state index contributed by atoms with van der Waals surface area (Å²) >= 11 is 0. The molecule has 2 rings (SSSR count). The number of benzene rings is 1. The molecular weight excluding hydrogens is 374 g/mol. The third-order valence-corrected chi connectivity index (χ3v) is 5.33. The third-order valence-electron chi connectivity index (χ3n) is 5.33. The first-order valence-electron chi connectivity index (χ1n) is 10.2. The van der Waals surface area contributed by atoms with E-state index in [-0.39, 0.29) is 5.91 Å². The Morgan fingerprint density at radius 1 is 1.10 bits per heavy atom. The molecule has 1 aliphatic heterocycles. The zero-order valence-electron chi connectivity index (χ0n) is 16.6. The van der Waals surface area contributed by atoms with Gasteiger partial charge < -0.3 is 20.8 Å². The van der Waals surface area contributed by atoms with E-state index >= 15 is 0 Å². The summed E-state index contributed by atoms with van der Waals surface area (Å²) in [7, 11) is 0. The molecule has 29 heavy (non-hydrogen) atoms. The number of amides is 1. The Bertz CT molecular complexity index is 682. The summed E-state index contributed by atoms with van der Waals surface area (Å²) in [4.78, 5) is 37.7. The number of nitrogens with two attached hydrogens (primary N) is 1. The fraction of sp³-hybridized carbons (Fsp3) is 0.571. The Morgan fingerprint density at radius 3 is 2.45 bits per heavy atom. The van der Waals surface area contributed by atoms with Crippen molar-refractivity contribution in [1.29, 1.82) is 0 Å². The highest BCUT2D eigenvalue weighted by Gasteiger charge is 2.38. The Balaban J connectivity index is 2.08. The van der Waals surface area contributed by atoms with Gasteiger partial charge in [0.25, 0.3) is 0 Å². The van der Waals surface area contributed by atoms with Crippen LogP contribution in [0.2, 0.25) is 0 Å². The number of carboxylic acids is 2. The second-order valence-electron chi connectivity index (χ2n) is 7.45. The molecule has 1 aromatic rings. The molecule has 3 atom stereocenters. The number of nitrogens with zero attached hydrogens (tertiary/aromatic N) is 1. The van der Waals surface area contributed by atoms with Crippen LogP contribution in [0.1, 0.15) is 44.1 Å². The highest BCUT2D eigenvalue weighted by Crippen LogP contribution is 2.20. The fourth-order valence-corrected chi connectivity index (χ4v) is 3.73. The topological polar surface area (TPSA) is 133 Å². The smallest absolute Gasteiger partial charge is 0.326 e. The van der Waals surface area contributed by atoms with Crippen molar-refractivity contribution < 1.29 is 24.6 Å². The SMILES string of the molecule is NCCCC[C@@H](N[C@@H](CCc1ccccc1)C(=O)O)C(=O)N1CCC[C@H]1C(=O)O. The summed E-state index contributed by atoms with van der Waals surface area (Å²) in [5.41, 5.74) is 6.57. The van der Waals surface area contributed by atoms with Crippen LogP contribution in [-0.4, -0.2) is 64.2 Å². The van der Waals surface area contributed by atoms with Crippen molar-refractivity contribution in [1.82, 2.24) is 10.2 Å². The molecular formula is C21H31N3O5. The molecule has 1 fully saturated rings. The molecule has 8 nitrogen and oxygen atoms in total. The summed E-state index contributed by atoms with van der Waals surface area (Å²) in [5, 5.41) is 22.0. The first kappa shape index (κ1) is 22.8. The molecule has 1 heterocycles. The largest absolute Gasteiger partial charge is 0.480 e. The molecule has 0 bridgehead atoms. The van der Waals surface area contributed by atoms with Gasteiger partial charge in [0.2, 0.25) is 5.91 Å². The van der Waals surface area contributed by atoms with Gasteiger partial charge in [-0.15, -0.1) is 0 Å². The average molecular weight is 405 g/mol. The highest BCUT2D eigenvalue weighted by molar-refractivity contribution is 5.88. The normalized spacial score (nSPS) is 18.4. The minimum absolute atomic E-state index is 0.335. The number of hydrogen-bond donors (Lipinski definition) is 4. The second kappa shape index (κ2) is 11.5. The molecule has 8 heteroatoms. The van der Waals surface area contributed by atoms with Gasteiger partial charge in [0, 0.05) is 6.54 Å². The molecule has 0 radical (unpaired) electrons. The van der Waals surface area contributed by atoms with E-state index in [4.69, 9.17) is 5.73 Å². The van der Waals surface area contributed by atoms with Gasteiger partial charge in [-0.05, 0) is 50.6 Å². The lowest BCUT2D eigenvalue weighted by Crippen LogP contribution is -2.54. The Hall–Kier alpha value is -2.45. The number of carbonyl (C=O) groups excluding carboxylic acids is 1. The minimum Gasteiger partial charge on any atom is -0.480 e. The predicted octanol–water partition coefficient (Wildman–Crippen LogP) is 1.24. The van der Waals surface area contributed by atoms with Crippen LogP contribution in [0.3, 0.4) is 0 Å². The van der Waals surface area contributed by atoms with E-state index in [1.54, 1.807) is 0 Å². The van der Waals surface area contributed by atoms with Crippen molar-refractivity contribution in [3.8, 4) is 0 Å². The summed E-state index contributed by atoms with van der Waals surface area (Å²) in [6.07, 6.45) is 3.76. The van der Waals surface area contributed by atoms with E-state index in [1.165, 1.54) is 4.90 Å². The molecule has 160 valence electrons. The number of carboxylic acid groups (broad SMARTS) is 2. The number of nitrogens with one attached hydrogen (secondary N) is 1. The maximum atomic E-state index is 13.1. The zero-order valence-corrected chi connectivity index (χ0v) is 16.6. The van der Waals surface area contributed by atoms with Gasteiger partial charge in [0.15, 0.2) is 0 Å². The van der Waals surface area contributed by atoms with E-state index < -0.39 is 30.1 Å². The molecule has 0 spiro atoms. The monoisotopic (exact) mass is 405 g/mol. The van der Waals surface area contributed by atoms with E-state index in [9.17, 15) is 24.6 Å². The molecule has 0 saturated carbocycles. The van der Waals surface area contributed by atoms with Crippen molar-refractivity contribution >= 4 is 17.8 Å². The maximum absolute atomic E-state index is 13.1. The second-order valence-corrected chi connectivity index (χ2v) is 7.45. The average Bonchev–Trinajstić information content (AvgIpc) is 3.20. The van der Waals surface area contributed by atoms with Gasteiger partial charge in [-0.3, -0.25) is 14.9 Å². The van der Waals surface area contributed by atoms with E-state index in [0.717, 1.165) is 12.0 Å². The van der Waals surface area contributed by atoms with E-state index in [2.05, 4.69) is 5.32 Å². The van der Waals surface area contributed by atoms with Gasteiger partial charge in [0.1, 0.15) is 12.1 Å². The van der Waals surface area contributed by atoms with Crippen molar-refractivity contribution in [3.05, 3.63) is 35.9 Å². The van der Waals surface area contributed by atoms with Gasteiger partial charge in [0.05, 0.1) is 6.04 Å². The molecule has 1 amide bonds. The Labute approximate surface area is 171 Å². The molecule has 0 aromatic heterocycles. The van der Waals surface area contributed by atoms with Crippen molar-refractivity contribution in [2.45, 2.75) is 63.1 Å². The van der Waals surface area contributed by atoms with Crippen molar-refractivity contribution in [2.24, 2.45) is 5.73 Å². The molecule has 5 N–H and O–H groups in total. The van der Waals surface area contributed by atoms with Crippen LogP contribution in [0.5, 0.6) is 0 Å². The quantitative estimate of drug-likeness (QED) is 0.384. The van der Waals surface area contributed by atoms with Gasteiger partial charge >= 0.3 is 11.9 Å². The van der Waals surface area contributed by atoms with Gasteiger partial charge in [-0.1, -0.05) is 36.8 Å². The van der Waals surface area contributed by atoms with Crippen LogP contribution in [0.15, 0.2) is 30.3 Å². The van der Waals surface area contributed by atoms with Crippen molar-refractivity contribution in [2.75, 3.05) is 13.1 Å². The molecule has 1 aromatic carbocycles. The minimum atomic E-state index is -1.02. The molecule has 1 saturated heterocycles. The van der Waals surface area contributed by atoms with Crippen LogP contribution in [0, 0.1) is 0 Å². The predicted molar refractivity (Wildman–Crippen MR) is 108 cm³/mol. The lowest BCUT2D eigenvalue weighted by Gasteiger charge is -2.29. The van der Waals surface area contributed by atoms with Crippen LogP contribution in [0.25, 0.3) is 0 Å². The first-order chi connectivity index (χ1) is 13.9. The molecule has 0 aliphatic carbocycles. The molecule has 1 aliphatic rings. The van der Waals surface area contributed by atoms with Gasteiger partial charge in [-0.25, -0.2) is 4.79 Å². The number of aliphatic carboxylic acids is 2. The Kier molecular flexibility index (Phi) is 9.08. The third kappa shape index (κ3) is 6.83. The number of rotatable bonds is 12. The summed E-state index contributed by atoms with van der Waals surface area (Å²) in [5.74, 6) is -2.37. The van der Waals surface area contributed by atoms with Crippen LogP contribution < -0.4 is 11.1 Å². The summed E-state index contributed by atoms with van der Waals surface area (Å²) < 4.78 is 0. The first-order valence-corrected chi connectivity index (χ1v) is 10.2. The number of unbranched alkanes of at least 4 members (excludes halogenated alkanes) is 1. The number of hydrogen-bond acceptors (Lipinski definition) is 5. The van der Waals surface area contributed by atoms with Gasteiger partial charge in [-0.2, -0.15) is 0 Å². The number of carbonyl (C=O) groups is 3. The number of aryl methyl sites for hydroxylation is 1.